The van der Waals surface area contributed by atoms with E-state index < -0.39 is 0 Å². The van der Waals surface area contributed by atoms with Crippen molar-refractivity contribution in [2.45, 2.75) is 18.7 Å². The van der Waals surface area contributed by atoms with Gasteiger partial charge in [0.2, 0.25) is 5.91 Å². The Bertz CT molecular complexity index is 353. The van der Waals surface area contributed by atoms with Crippen molar-refractivity contribution in [2.75, 3.05) is 18.8 Å². The van der Waals surface area contributed by atoms with Gasteiger partial charge < -0.3 is 4.90 Å². The van der Waals surface area contributed by atoms with Crippen LogP contribution in [0.5, 0.6) is 0 Å². The lowest BCUT2D eigenvalue weighted by atomic mass is 10.3. The first kappa shape index (κ1) is 13.0. The molecule has 0 aliphatic heterocycles. The molecular weight excluding hydrogens is 225 g/mol. The lowest BCUT2D eigenvalue weighted by Crippen LogP contribution is -2.31. The predicted octanol–water partition coefficient (Wildman–Crippen LogP) is 2.79. The van der Waals surface area contributed by atoms with Crippen LogP contribution in [0.25, 0.3) is 0 Å². The van der Waals surface area contributed by atoms with Crippen molar-refractivity contribution in [3.63, 3.8) is 0 Å². The molecule has 1 rings (SSSR count). The monoisotopic (exact) mass is 241 g/mol. The summed E-state index contributed by atoms with van der Waals surface area (Å²) in [6, 6.07) is 6.51. The van der Waals surface area contributed by atoms with Crippen molar-refractivity contribution in [1.82, 2.24) is 4.90 Å². The van der Waals surface area contributed by atoms with Crippen LogP contribution in [0, 0.1) is 5.82 Å². The Kier molecular flexibility index (Phi) is 5.32. The first-order valence-electron chi connectivity index (χ1n) is 5.34. The number of halogens is 1. The van der Waals surface area contributed by atoms with Gasteiger partial charge in [-0.25, -0.2) is 4.39 Å². The molecule has 0 aliphatic rings. The minimum Gasteiger partial charge on any atom is -0.343 e. The topological polar surface area (TPSA) is 20.3 Å². The van der Waals surface area contributed by atoms with Crippen LogP contribution in [0.15, 0.2) is 29.2 Å². The van der Waals surface area contributed by atoms with E-state index in [1.807, 2.05) is 13.8 Å². The third kappa shape index (κ3) is 3.52. The molecule has 1 aromatic rings. The zero-order valence-corrected chi connectivity index (χ0v) is 10.4. The van der Waals surface area contributed by atoms with Crippen LogP contribution in [-0.2, 0) is 4.79 Å². The standard InChI is InChI=1S/C12H16FNOS/c1-3-14(4-2)12(15)9-16-11-8-6-5-7-10(11)13/h5-8H,3-4,9H2,1-2H3. The molecule has 0 saturated heterocycles. The number of thioether (sulfide) groups is 1. The summed E-state index contributed by atoms with van der Waals surface area (Å²) < 4.78 is 13.3. The molecule has 0 radical (unpaired) electrons. The number of rotatable bonds is 5. The van der Waals surface area contributed by atoms with Crippen LogP contribution in [0.3, 0.4) is 0 Å². The Balaban J connectivity index is 2.52. The van der Waals surface area contributed by atoms with Gasteiger partial charge in [-0.3, -0.25) is 4.79 Å². The van der Waals surface area contributed by atoms with E-state index >= 15 is 0 Å². The van der Waals surface area contributed by atoms with E-state index in [0.29, 0.717) is 23.7 Å². The van der Waals surface area contributed by atoms with Crippen LogP contribution in [0.4, 0.5) is 4.39 Å². The van der Waals surface area contributed by atoms with Gasteiger partial charge in [0.1, 0.15) is 5.82 Å². The number of nitrogens with zero attached hydrogens (tertiary/aromatic N) is 1. The maximum Gasteiger partial charge on any atom is 0.232 e. The molecule has 0 fully saturated rings. The molecule has 0 unspecified atom stereocenters. The molecule has 2 nitrogen and oxygen atoms in total. The van der Waals surface area contributed by atoms with E-state index in [1.165, 1.54) is 17.8 Å². The second kappa shape index (κ2) is 6.53. The Hall–Kier alpha value is -1.03. The third-order valence-corrected chi connectivity index (χ3v) is 3.34. The highest BCUT2D eigenvalue weighted by Gasteiger charge is 2.10. The molecule has 0 bridgehead atoms. The molecular formula is C12H16FNOS. The first-order valence-corrected chi connectivity index (χ1v) is 6.32. The molecule has 16 heavy (non-hydrogen) atoms. The van der Waals surface area contributed by atoms with Gasteiger partial charge >= 0.3 is 0 Å². The van der Waals surface area contributed by atoms with E-state index in [-0.39, 0.29) is 11.7 Å². The van der Waals surface area contributed by atoms with Crippen molar-refractivity contribution in [3.8, 4) is 0 Å². The smallest absolute Gasteiger partial charge is 0.232 e. The fourth-order valence-corrected chi connectivity index (χ4v) is 2.21. The van der Waals surface area contributed by atoms with Crippen LogP contribution in [-0.4, -0.2) is 29.6 Å². The van der Waals surface area contributed by atoms with Crippen molar-refractivity contribution in [1.29, 1.82) is 0 Å². The normalized spacial score (nSPS) is 10.2. The third-order valence-electron chi connectivity index (χ3n) is 2.30. The molecule has 0 spiro atoms. The number of hydrogen-bond acceptors (Lipinski definition) is 2. The summed E-state index contributed by atoms with van der Waals surface area (Å²) in [6.45, 7) is 5.28. The molecule has 88 valence electrons. The lowest BCUT2D eigenvalue weighted by Gasteiger charge is -2.18. The van der Waals surface area contributed by atoms with Gasteiger partial charge in [-0.05, 0) is 26.0 Å². The molecule has 0 aromatic heterocycles. The van der Waals surface area contributed by atoms with Gasteiger partial charge in [0.25, 0.3) is 0 Å². The summed E-state index contributed by atoms with van der Waals surface area (Å²) in [6.07, 6.45) is 0. The lowest BCUT2D eigenvalue weighted by molar-refractivity contribution is -0.127. The number of carbonyl (C=O) groups excluding carboxylic acids is 1. The predicted molar refractivity (Wildman–Crippen MR) is 65.1 cm³/mol. The summed E-state index contributed by atoms with van der Waals surface area (Å²) in [5.41, 5.74) is 0. The van der Waals surface area contributed by atoms with Crippen molar-refractivity contribution in [3.05, 3.63) is 30.1 Å². The van der Waals surface area contributed by atoms with Crippen LogP contribution < -0.4 is 0 Å². The van der Waals surface area contributed by atoms with E-state index in [0.717, 1.165) is 0 Å². The average molecular weight is 241 g/mol. The Morgan fingerprint density at radius 3 is 2.50 bits per heavy atom. The Labute approximate surface area is 99.8 Å². The molecule has 4 heteroatoms. The van der Waals surface area contributed by atoms with Gasteiger partial charge in [0.15, 0.2) is 0 Å². The van der Waals surface area contributed by atoms with Crippen molar-refractivity contribution in [2.24, 2.45) is 0 Å². The largest absolute Gasteiger partial charge is 0.343 e. The molecule has 0 saturated carbocycles. The minimum atomic E-state index is -0.264. The second-order valence-electron chi connectivity index (χ2n) is 3.29. The fourth-order valence-electron chi connectivity index (χ4n) is 1.37. The molecule has 0 heterocycles. The van der Waals surface area contributed by atoms with E-state index in [4.69, 9.17) is 0 Å². The van der Waals surface area contributed by atoms with Crippen molar-refractivity contribution < 1.29 is 9.18 Å². The maximum atomic E-state index is 13.3. The van der Waals surface area contributed by atoms with Gasteiger partial charge in [-0.15, -0.1) is 11.8 Å². The molecule has 0 aliphatic carbocycles. The number of hydrogen-bond donors (Lipinski definition) is 0. The summed E-state index contributed by atoms with van der Waals surface area (Å²) in [7, 11) is 0. The van der Waals surface area contributed by atoms with E-state index in [9.17, 15) is 9.18 Å². The van der Waals surface area contributed by atoms with Gasteiger partial charge in [0.05, 0.1) is 5.75 Å². The van der Waals surface area contributed by atoms with Gasteiger partial charge in [-0.2, -0.15) is 0 Å². The highest BCUT2D eigenvalue weighted by Crippen LogP contribution is 2.21. The second-order valence-corrected chi connectivity index (χ2v) is 4.30. The number of amides is 1. The van der Waals surface area contributed by atoms with Crippen molar-refractivity contribution >= 4 is 17.7 Å². The highest BCUT2D eigenvalue weighted by atomic mass is 32.2. The highest BCUT2D eigenvalue weighted by molar-refractivity contribution is 8.00. The fraction of sp³-hybridized carbons (Fsp3) is 0.417. The quantitative estimate of drug-likeness (QED) is 0.739. The Morgan fingerprint density at radius 2 is 1.94 bits per heavy atom. The summed E-state index contributed by atoms with van der Waals surface area (Å²) in [4.78, 5) is 13.9. The maximum absolute atomic E-state index is 13.3. The molecule has 0 atom stereocenters. The molecule has 1 amide bonds. The first-order chi connectivity index (χ1) is 7.69. The Morgan fingerprint density at radius 1 is 1.31 bits per heavy atom. The average Bonchev–Trinajstić information content (AvgIpc) is 2.29. The summed E-state index contributed by atoms with van der Waals surface area (Å²) >= 11 is 1.25. The zero-order valence-electron chi connectivity index (χ0n) is 9.57. The zero-order chi connectivity index (χ0) is 12.0. The summed E-state index contributed by atoms with van der Waals surface area (Å²) in [5.74, 6) is 0.0842. The van der Waals surface area contributed by atoms with Gasteiger partial charge in [0, 0.05) is 18.0 Å². The summed E-state index contributed by atoms with van der Waals surface area (Å²) in [5, 5.41) is 0. The van der Waals surface area contributed by atoms with Crippen LogP contribution in [0.1, 0.15) is 13.8 Å². The minimum absolute atomic E-state index is 0.0539. The SMILES string of the molecule is CCN(CC)C(=O)CSc1ccccc1F. The molecule has 0 N–H and O–H groups in total. The van der Waals surface area contributed by atoms with Crippen LogP contribution >= 0.6 is 11.8 Å². The molecule has 1 aromatic carbocycles. The van der Waals surface area contributed by atoms with Crippen LogP contribution in [0.2, 0.25) is 0 Å². The number of carbonyl (C=O) groups is 1. The number of benzene rings is 1. The van der Waals surface area contributed by atoms with E-state index in [2.05, 4.69) is 0 Å². The van der Waals surface area contributed by atoms with Gasteiger partial charge in [-0.1, -0.05) is 12.1 Å². The van der Waals surface area contributed by atoms with E-state index in [1.54, 1.807) is 23.1 Å².